The summed E-state index contributed by atoms with van der Waals surface area (Å²) in [5.41, 5.74) is 6.96. The van der Waals surface area contributed by atoms with Gasteiger partial charge in [0.15, 0.2) is 0 Å². The molecule has 16 heavy (non-hydrogen) atoms. The number of anilines is 2. The first kappa shape index (κ1) is 10.9. The summed E-state index contributed by atoms with van der Waals surface area (Å²) in [5, 5.41) is 0. The minimum absolute atomic E-state index is 0.511. The fourth-order valence-electron chi connectivity index (χ4n) is 1.72. The molecule has 0 spiro atoms. The van der Waals surface area contributed by atoms with Crippen LogP contribution in [-0.4, -0.2) is 36.8 Å². The van der Waals surface area contributed by atoms with Gasteiger partial charge in [-0.1, -0.05) is 6.08 Å². The lowest BCUT2D eigenvalue weighted by Gasteiger charge is -2.26. The molecule has 0 bridgehead atoms. The number of nitrogens with two attached hydrogens (primary N) is 1. The molecule has 0 saturated carbocycles. The van der Waals surface area contributed by atoms with E-state index in [4.69, 9.17) is 10.5 Å². The average molecular weight is 220 g/mol. The summed E-state index contributed by atoms with van der Waals surface area (Å²) in [6.45, 7) is 2.45. The standard InChI is InChI=1S/C11H16N4O/c1-16-8-9-3-6-15(7-4-9)11-13-5-2-10(12)14-11/h2-3,5H,4,6-8H2,1H3,(H2,12,13,14). The molecule has 5 heteroatoms. The van der Waals surface area contributed by atoms with Crippen LogP contribution in [0.3, 0.4) is 0 Å². The molecule has 0 fully saturated rings. The molecule has 0 aromatic carbocycles. The highest BCUT2D eigenvalue weighted by Crippen LogP contribution is 2.16. The Hall–Kier alpha value is -1.62. The van der Waals surface area contributed by atoms with Crippen LogP contribution in [0.2, 0.25) is 0 Å². The smallest absolute Gasteiger partial charge is 0.227 e. The van der Waals surface area contributed by atoms with Gasteiger partial charge in [0, 0.05) is 26.4 Å². The fraction of sp³-hybridized carbons (Fsp3) is 0.455. The van der Waals surface area contributed by atoms with Crippen molar-refractivity contribution in [3.63, 3.8) is 0 Å². The van der Waals surface area contributed by atoms with Crippen LogP contribution in [0.1, 0.15) is 6.42 Å². The second kappa shape index (κ2) is 4.94. The Morgan fingerprint density at radius 3 is 3.06 bits per heavy atom. The topological polar surface area (TPSA) is 64.3 Å². The van der Waals surface area contributed by atoms with Crippen LogP contribution >= 0.6 is 0 Å². The monoisotopic (exact) mass is 220 g/mol. The summed E-state index contributed by atoms with van der Waals surface area (Å²) in [6, 6.07) is 1.69. The van der Waals surface area contributed by atoms with Gasteiger partial charge in [-0.2, -0.15) is 4.98 Å². The minimum atomic E-state index is 0.511. The third-order valence-electron chi connectivity index (χ3n) is 2.58. The molecule has 1 aromatic heterocycles. The quantitative estimate of drug-likeness (QED) is 0.765. The molecule has 0 atom stereocenters. The van der Waals surface area contributed by atoms with E-state index in [9.17, 15) is 0 Å². The summed E-state index contributed by atoms with van der Waals surface area (Å²) >= 11 is 0. The molecule has 0 saturated heterocycles. The molecule has 86 valence electrons. The Morgan fingerprint density at radius 2 is 2.44 bits per heavy atom. The van der Waals surface area contributed by atoms with Gasteiger partial charge in [0.25, 0.3) is 0 Å². The molecular weight excluding hydrogens is 204 g/mol. The lowest BCUT2D eigenvalue weighted by Crippen LogP contribution is -2.30. The molecule has 0 amide bonds. The van der Waals surface area contributed by atoms with Crippen molar-refractivity contribution in [1.29, 1.82) is 0 Å². The minimum Gasteiger partial charge on any atom is -0.384 e. The fourth-order valence-corrected chi connectivity index (χ4v) is 1.72. The zero-order valence-corrected chi connectivity index (χ0v) is 9.39. The van der Waals surface area contributed by atoms with E-state index in [0.717, 1.165) is 19.5 Å². The predicted octanol–water partition coefficient (Wildman–Crippen LogP) is 0.842. The van der Waals surface area contributed by atoms with E-state index in [0.29, 0.717) is 18.4 Å². The second-order valence-electron chi connectivity index (χ2n) is 3.77. The number of hydrogen-bond donors (Lipinski definition) is 1. The maximum Gasteiger partial charge on any atom is 0.227 e. The van der Waals surface area contributed by atoms with Crippen molar-refractivity contribution < 1.29 is 4.74 Å². The van der Waals surface area contributed by atoms with Crippen molar-refractivity contribution in [3.05, 3.63) is 23.9 Å². The van der Waals surface area contributed by atoms with Gasteiger partial charge in [-0.25, -0.2) is 4.98 Å². The van der Waals surface area contributed by atoms with Crippen LogP contribution in [0.25, 0.3) is 0 Å². The first-order valence-electron chi connectivity index (χ1n) is 5.30. The van der Waals surface area contributed by atoms with Gasteiger partial charge >= 0.3 is 0 Å². The number of methoxy groups -OCH3 is 1. The highest BCUT2D eigenvalue weighted by molar-refractivity contribution is 5.39. The third-order valence-corrected chi connectivity index (χ3v) is 2.58. The van der Waals surface area contributed by atoms with Crippen molar-refractivity contribution >= 4 is 11.8 Å². The first-order chi connectivity index (χ1) is 7.79. The molecule has 5 nitrogen and oxygen atoms in total. The number of hydrogen-bond acceptors (Lipinski definition) is 5. The third kappa shape index (κ3) is 2.49. The Bertz CT molecular complexity index is 391. The highest BCUT2D eigenvalue weighted by Gasteiger charge is 2.14. The lowest BCUT2D eigenvalue weighted by molar-refractivity contribution is 0.222. The zero-order chi connectivity index (χ0) is 11.4. The maximum atomic E-state index is 5.63. The molecule has 0 radical (unpaired) electrons. The van der Waals surface area contributed by atoms with E-state index in [-0.39, 0.29) is 0 Å². The Labute approximate surface area is 94.9 Å². The maximum absolute atomic E-state index is 5.63. The number of ether oxygens (including phenoxy) is 1. The van der Waals surface area contributed by atoms with Gasteiger partial charge in [-0.3, -0.25) is 0 Å². The van der Waals surface area contributed by atoms with Crippen molar-refractivity contribution in [2.75, 3.05) is 37.4 Å². The predicted molar refractivity (Wildman–Crippen MR) is 63.2 cm³/mol. The van der Waals surface area contributed by atoms with Crippen molar-refractivity contribution in [2.24, 2.45) is 0 Å². The van der Waals surface area contributed by atoms with E-state index >= 15 is 0 Å². The van der Waals surface area contributed by atoms with Crippen molar-refractivity contribution in [1.82, 2.24) is 9.97 Å². The second-order valence-corrected chi connectivity index (χ2v) is 3.77. The molecule has 0 unspecified atom stereocenters. The molecule has 2 rings (SSSR count). The van der Waals surface area contributed by atoms with Crippen molar-refractivity contribution in [2.45, 2.75) is 6.42 Å². The summed E-state index contributed by atoms with van der Waals surface area (Å²) in [5.74, 6) is 1.21. The van der Waals surface area contributed by atoms with E-state index in [1.807, 2.05) is 0 Å². The number of nitrogen functional groups attached to an aromatic ring is 1. The first-order valence-corrected chi connectivity index (χ1v) is 5.30. The van der Waals surface area contributed by atoms with Crippen LogP contribution in [0.15, 0.2) is 23.9 Å². The van der Waals surface area contributed by atoms with E-state index in [2.05, 4.69) is 20.9 Å². The highest BCUT2D eigenvalue weighted by atomic mass is 16.5. The Morgan fingerprint density at radius 1 is 1.56 bits per heavy atom. The summed E-state index contributed by atoms with van der Waals surface area (Å²) in [4.78, 5) is 10.5. The number of rotatable bonds is 3. The molecule has 1 aliphatic rings. The van der Waals surface area contributed by atoms with Gasteiger partial charge in [-0.05, 0) is 18.1 Å². The van der Waals surface area contributed by atoms with E-state index in [1.54, 1.807) is 19.4 Å². The molecule has 1 aliphatic heterocycles. The number of aromatic nitrogens is 2. The van der Waals surface area contributed by atoms with E-state index in [1.165, 1.54) is 5.57 Å². The van der Waals surface area contributed by atoms with Crippen LogP contribution in [-0.2, 0) is 4.74 Å². The summed E-state index contributed by atoms with van der Waals surface area (Å²) in [7, 11) is 1.72. The van der Waals surface area contributed by atoms with Gasteiger partial charge in [0.1, 0.15) is 5.82 Å². The van der Waals surface area contributed by atoms with Crippen LogP contribution in [0, 0.1) is 0 Å². The number of nitrogens with zero attached hydrogens (tertiary/aromatic N) is 3. The van der Waals surface area contributed by atoms with Crippen LogP contribution in [0.4, 0.5) is 11.8 Å². The Balaban J connectivity index is 2.04. The molecule has 1 aromatic rings. The summed E-state index contributed by atoms with van der Waals surface area (Å²) < 4.78 is 5.10. The normalized spacial score (nSPS) is 16.1. The van der Waals surface area contributed by atoms with Crippen molar-refractivity contribution in [3.8, 4) is 0 Å². The Kier molecular flexibility index (Phi) is 3.36. The van der Waals surface area contributed by atoms with Gasteiger partial charge < -0.3 is 15.4 Å². The van der Waals surface area contributed by atoms with Crippen LogP contribution in [0.5, 0.6) is 0 Å². The van der Waals surface area contributed by atoms with Gasteiger partial charge in [0.2, 0.25) is 5.95 Å². The lowest BCUT2D eigenvalue weighted by atomic mass is 10.1. The van der Waals surface area contributed by atoms with Gasteiger partial charge in [0.05, 0.1) is 6.61 Å². The SMILES string of the molecule is COCC1=CCN(c2nccc(N)n2)CC1. The molecule has 0 aliphatic carbocycles. The average Bonchev–Trinajstić information content (AvgIpc) is 2.30. The molecular formula is C11H16N4O. The van der Waals surface area contributed by atoms with Crippen LogP contribution < -0.4 is 10.6 Å². The zero-order valence-electron chi connectivity index (χ0n) is 9.39. The molecule has 2 heterocycles. The summed E-state index contributed by atoms with van der Waals surface area (Å²) in [6.07, 6.45) is 4.84. The van der Waals surface area contributed by atoms with Gasteiger partial charge in [-0.15, -0.1) is 0 Å². The molecule has 2 N–H and O–H groups in total. The van der Waals surface area contributed by atoms with E-state index < -0.39 is 0 Å². The largest absolute Gasteiger partial charge is 0.384 e.